The molecule has 1 saturated carbocycles. The standard InChI is InChI=1S/C20H27NO4/c1-18(2)13-24-20(25-14-18)9-7-19(12-21,8-10-20)15-5-6-16(22-3)17(11-15)23-4/h5-6,11H,7-10,13-14H2,1-4H3. The molecule has 5 nitrogen and oxygen atoms in total. The smallest absolute Gasteiger partial charge is 0.168 e. The lowest BCUT2D eigenvalue weighted by molar-refractivity contribution is -0.312. The molecular formula is C20H27NO4. The first kappa shape index (κ1) is 18.0. The third-order valence-corrected chi connectivity index (χ3v) is 5.47. The van der Waals surface area contributed by atoms with Crippen LogP contribution in [0, 0.1) is 16.7 Å². The minimum atomic E-state index is -0.537. The Balaban J connectivity index is 1.80. The van der Waals surface area contributed by atoms with Gasteiger partial charge in [0.2, 0.25) is 0 Å². The average Bonchev–Trinajstić information content (AvgIpc) is 2.65. The second-order valence-electron chi connectivity index (χ2n) is 7.92. The molecule has 0 radical (unpaired) electrons. The van der Waals surface area contributed by atoms with Crippen LogP contribution >= 0.6 is 0 Å². The van der Waals surface area contributed by atoms with Crippen LogP contribution in [0.1, 0.15) is 45.1 Å². The highest BCUT2D eigenvalue weighted by Crippen LogP contribution is 2.48. The molecule has 2 fully saturated rings. The fraction of sp³-hybridized carbons (Fsp3) is 0.650. The quantitative estimate of drug-likeness (QED) is 0.834. The largest absolute Gasteiger partial charge is 0.493 e. The van der Waals surface area contributed by atoms with Gasteiger partial charge in [0.05, 0.1) is 38.9 Å². The highest BCUT2D eigenvalue weighted by Gasteiger charge is 2.48. The van der Waals surface area contributed by atoms with Crippen molar-refractivity contribution < 1.29 is 18.9 Å². The van der Waals surface area contributed by atoms with E-state index < -0.39 is 11.2 Å². The molecule has 1 aliphatic heterocycles. The number of nitrogens with zero attached hydrogens (tertiary/aromatic N) is 1. The molecule has 1 aliphatic carbocycles. The van der Waals surface area contributed by atoms with E-state index >= 15 is 0 Å². The maximum absolute atomic E-state index is 9.95. The maximum atomic E-state index is 9.95. The Kier molecular flexibility index (Phi) is 4.70. The first-order chi connectivity index (χ1) is 11.9. The summed E-state index contributed by atoms with van der Waals surface area (Å²) in [7, 11) is 3.23. The van der Waals surface area contributed by atoms with Gasteiger partial charge < -0.3 is 18.9 Å². The van der Waals surface area contributed by atoms with Crippen molar-refractivity contribution in [1.82, 2.24) is 0 Å². The first-order valence-electron chi connectivity index (χ1n) is 8.79. The zero-order chi connectivity index (χ0) is 18.1. The van der Waals surface area contributed by atoms with Gasteiger partial charge >= 0.3 is 0 Å². The molecule has 0 bridgehead atoms. The number of methoxy groups -OCH3 is 2. The molecule has 3 rings (SSSR count). The molecule has 1 aromatic rings. The van der Waals surface area contributed by atoms with Crippen LogP contribution in [-0.2, 0) is 14.9 Å². The SMILES string of the molecule is COc1ccc(C2(C#N)CCC3(CC2)OCC(C)(C)CO3)cc1OC. The highest BCUT2D eigenvalue weighted by molar-refractivity contribution is 5.47. The Hall–Kier alpha value is -1.77. The monoisotopic (exact) mass is 345 g/mol. The number of ether oxygens (including phenoxy) is 4. The van der Waals surface area contributed by atoms with E-state index in [0.717, 1.165) is 18.4 Å². The van der Waals surface area contributed by atoms with E-state index in [9.17, 15) is 5.26 Å². The molecule has 2 aliphatic rings. The van der Waals surface area contributed by atoms with Gasteiger partial charge in [-0.1, -0.05) is 19.9 Å². The van der Waals surface area contributed by atoms with Crippen LogP contribution in [0.4, 0.5) is 0 Å². The van der Waals surface area contributed by atoms with E-state index in [2.05, 4.69) is 19.9 Å². The van der Waals surface area contributed by atoms with Gasteiger partial charge in [-0.15, -0.1) is 0 Å². The zero-order valence-corrected chi connectivity index (χ0v) is 15.6. The van der Waals surface area contributed by atoms with Crippen molar-refractivity contribution in [3.8, 4) is 17.6 Å². The molecule has 0 N–H and O–H groups in total. The minimum Gasteiger partial charge on any atom is -0.493 e. The lowest BCUT2D eigenvalue weighted by Crippen LogP contribution is -2.51. The molecule has 0 aromatic heterocycles. The van der Waals surface area contributed by atoms with E-state index in [-0.39, 0.29) is 5.41 Å². The van der Waals surface area contributed by atoms with Gasteiger partial charge in [0.15, 0.2) is 17.3 Å². The highest BCUT2D eigenvalue weighted by atomic mass is 16.7. The number of rotatable bonds is 3. The van der Waals surface area contributed by atoms with E-state index in [1.807, 2.05) is 18.2 Å². The Morgan fingerprint density at radius 2 is 1.56 bits per heavy atom. The van der Waals surface area contributed by atoms with Gasteiger partial charge in [0, 0.05) is 18.3 Å². The van der Waals surface area contributed by atoms with Gasteiger partial charge in [-0.2, -0.15) is 5.26 Å². The lowest BCUT2D eigenvalue weighted by atomic mass is 9.68. The van der Waals surface area contributed by atoms with Gasteiger partial charge in [-0.3, -0.25) is 0 Å². The summed E-state index contributed by atoms with van der Waals surface area (Å²) in [4.78, 5) is 0. The van der Waals surface area contributed by atoms with Gasteiger partial charge in [0.25, 0.3) is 0 Å². The Labute approximate surface area is 149 Å². The average molecular weight is 345 g/mol. The molecule has 5 heteroatoms. The van der Waals surface area contributed by atoms with Gasteiger partial charge in [0.1, 0.15) is 0 Å². The zero-order valence-electron chi connectivity index (χ0n) is 15.6. The fourth-order valence-electron chi connectivity index (χ4n) is 3.68. The van der Waals surface area contributed by atoms with E-state index in [1.165, 1.54) is 0 Å². The molecule has 1 spiro atoms. The minimum absolute atomic E-state index is 0.0539. The van der Waals surface area contributed by atoms with Crippen LogP contribution in [0.2, 0.25) is 0 Å². The third kappa shape index (κ3) is 3.33. The van der Waals surface area contributed by atoms with Crippen molar-refractivity contribution in [2.45, 2.75) is 50.7 Å². The summed E-state index contributed by atoms with van der Waals surface area (Å²) in [6.45, 7) is 5.68. The summed E-state index contributed by atoms with van der Waals surface area (Å²) in [5.41, 5.74) is 0.488. The van der Waals surface area contributed by atoms with Crippen LogP contribution in [0.5, 0.6) is 11.5 Å². The molecule has 1 heterocycles. The predicted octanol–water partition coefficient (Wildman–Crippen LogP) is 3.81. The van der Waals surface area contributed by atoms with Crippen molar-refractivity contribution >= 4 is 0 Å². The number of hydrogen-bond acceptors (Lipinski definition) is 5. The normalized spacial score (nSPS) is 23.6. The molecule has 0 amide bonds. The summed E-state index contributed by atoms with van der Waals surface area (Å²) in [6, 6.07) is 8.31. The van der Waals surface area contributed by atoms with Crippen LogP contribution in [0.3, 0.4) is 0 Å². The van der Waals surface area contributed by atoms with Crippen molar-refractivity contribution in [3.63, 3.8) is 0 Å². The molecular weight excluding hydrogens is 318 g/mol. The van der Waals surface area contributed by atoms with Crippen LogP contribution in [0.15, 0.2) is 18.2 Å². The summed E-state index contributed by atoms with van der Waals surface area (Å²) in [5, 5.41) is 9.95. The number of benzene rings is 1. The van der Waals surface area contributed by atoms with Crippen LogP contribution in [-0.4, -0.2) is 33.2 Å². The Morgan fingerprint density at radius 1 is 0.960 bits per heavy atom. The van der Waals surface area contributed by atoms with E-state index in [1.54, 1.807) is 14.2 Å². The molecule has 0 unspecified atom stereocenters. The summed E-state index contributed by atoms with van der Waals surface area (Å²) in [6.07, 6.45) is 2.87. The molecule has 136 valence electrons. The van der Waals surface area contributed by atoms with Crippen LogP contribution < -0.4 is 9.47 Å². The predicted molar refractivity (Wildman–Crippen MR) is 93.7 cm³/mol. The number of nitriles is 1. The number of hydrogen-bond donors (Lipinski definition) is 0. The maximum Gasteiger partial charge on any atom is 0.168 e. The van der Waals surface area contributed by atoms with Gasteiger partial charge in [-0.05, 0) is 30.5 Å². The summed E-state index contributed by atoms with van der Waals surface area (Å²) in [5.74, 6) is 0.807. The fourth-order valence-corrected chi connectivity index (χ4v) is 3.68. The first-order valence-corrected chi connectivity index (χ1v) is 8.79. The van der Waals surface area contributed by atoms with Crippen molar-refractivity contribution in [2.75, 3.05) is 27.4 Å². The Morgan fingerprint density at radius 3 is 2.08 bits per heavy atom. The second kappa shape index (κ2) is 6.51. The Bertz CT molecular complexity index is 657. The summed E-state index contributed by atoms with van der Waals surface area (Å²) >= 11 is 0. The van der Waals surface area contributed by atoms with Crippen molar-refractivity contribution in [3.05, 3.63) is 23.8 Å². The molecule has 1 aromatic carbocycles. The van der Waals surface area contributed by atoms with Crippen molar-refractivity contribution in [1.29, 1.82) is 5.26 Å². The van der Waals surface area contributed by atoms with Crippen LogP contribution in [0.25, 0.3) is 0 Å². The summed E-state index contributed by atoms with van der Waals surface area (Å²) < 4.78 is 22.9. The topological polar surface area (TPSA) is 60.7 Å². The van der Waals surface area contributed by atoms with E-state index in [4.69, 9.17) is 18.9 Å². The molecule has 0 atom stereocenters. The third-order valence-electron chi connectivity index (χ3n) is 5.47. The molecule has 25 heavy (non-hydrogen) atoms. The van der Waals surface area contributed by atoms with Gasteiger partial charge in [-0.25, -0.2) is 0 Å². The van der Waals surface area contributed by atoms with E-state index in [0.29, 0.717) is 37.6 Å². The van der Waals surface area contributed by atoms with Crippen molar-refractivity contribution in [2.24, 2.45) is 5.41 Å². The molecule has 1 saturated heterocycles. The lowest BCUT2D eigenvalue weighted by Gasteiger charge is -2.48. The second-order valence-corrected chi connectivity index (χ2v) is 7.92.